The van der Waals surface area contributed by atoms with Gasteiger partial charge < -0.3 is 10.8 Å². The van der Waals surface area contributed by atoms with Crippen molar-refractivity contribution in [2.45, 2.75) is 45.3 Å². The summed E-state index contributed by atoms with van der Waals surface area (Å²) in [4.78, 5) is 0. The average Bonchev–Trinajstić information content (AvgIpc) is 2.96. The first-order chi connectivity index (χ1) is 10.2. The summed E-state index contributed by atoms with van der Waals surface area (Å²) in [6, 6.07) is 8.46. The van der Waals surface area contributed by atoms with Crippen molar-refractivity contribution < 1.29 is 5.11 Å². The maximum atomic E-state index is 9.52. The third-order valence-electron chi connectivity index (χ3n) is 3.53. The Kier molecular flexibility index (Phi) is 5.90. The highest BCUT2D eigenvalue weighted by atomic mass is 16.3. The van der Waals surface area contributed by atoms with Crippen molar-refractivity contribution in [2.75, 3.05) is 6.54 Å². The summed E-state index contributed by atoms with van der Waals surface area (Å²) in [5.41, 5.74) is 8.62. The number of aromatic nitrogens is 3. The van der Waals surface area contributed by atoms with Gasteiger partial charge in [-0.15, -0.1) is 5.10 Å². The lowest BCUT2D eigenvalue weighted by molar-refractivity contribution is 0.156. The first-order valence-electron chi connectivity index (χ1n) is 7.60. The minimum absolute atomic E-state index is 0.224. The first-order valence-corrected chi connectivity index (χ1v) is 7.60. The Labute approximate surface area is 125 Å². The molecule has 2 aromatic rings. The molecule has 1 atom stereocenters. The van der Waals surface area contributed by atoms with Crippen molar-refractivity contribution in [3.63, 3.8) is 0 Å². The molecule has 5 nitrogen and oxygen atoms in total. The maximum Gasteiger partial charge on any atom is 0.113 e. The third kappa shape index (κ3) is 4.65. The van der Waals surface area contributed by atoms with E-state index in [1.54, 1.807) is 4.68 Å². The van der Waals surface area contributed by atoms with Crippen molar-refractivity contribution >= 4 is 0 Å². The van der Waals surface area contributed by atoms with Crippen LogP contribution in [0.25, 0.3) is 11.3 Å². The van der Waals surface area contributed by atoms with Gasteiger partial charge in [0.1, 0.15) is 5.69 Å². The fraction of sp³-hybridized carbons (Fsp3) is 0.500. The minimum Gasteiger partial charge on any atom is -0.390 e. The molecule has 3 N–H and O–H groups in total. The topological polar surface area (TPSA) is 77.0 Å². The lowest BCUT2D eigenvalue weighted by Crippen LogP contribution is -2.25. The number of hydrogen-bond acceptors (Lipinski definition) is 4. The van der Waals surface area contributed by atoms with Crippen LogP contribution >= 0.6 is 0 Å². The lowest BCUT2D eigenvalue weighted by atomic mass is 10.0. The van der Waals surface area contributed by atoms with Crippen LogP contribution in [0.2, 0.25) is 0 Å². The van der Waals surface area contributed by atoms with Gasteiger partial charge in [0, 0.05) is 12.1 Å². The predicted molar refractivity (Wildman–Crippen MR) is 83.7 cm³/mol. The molecular weight excluding hydrogens is 264 g/mol. The van der Waals surface area contributed by atoms with E-state index in [4.69, 9.17) is 5.73 Å². The van der Waals surface area contributed by atoms with Crippen LogP contribution in [0.1, 0.15) is 31.7 Å². The fourth-order valence-electron chi connectivity index (χ4n) is 2.23. The van der Waals surface area contributed by atoms with Gasteiger partial charge in [-0.3, -0.25) is 0 Å². The molecule has 0 saturated heterocycles. The summed E-state index contributed by atoms with van der Waals surface area (Å²) < 4.78 is 1.63. The molecule has 0 aliphatic rings. The van der Waals surface area contributed by atoms with Gasteiger partial charge in [-0.25, -0.2) is 4.68 Å². The zero-order valence-corrected chi connectivity index (χ0v) is 12.6. The molecule has 21 heavy (non-hydrogen) atoms. The molecule has 0 fully saturated rings. The summed E-state index contributed by atoms with van der Waals surface area (Å²) in [5.74, 6) is 0. The van der Waals surface area contributed by atoms with Crippen LogP contribution in [0.3, 0.4) is 0 Å². The Hall–Kier alpha value is -1.72. The molecule has 0 amide bonds. The molecule has 0 aliphatic heterocycles. The number of unbranched alkanes of at least 4 members (excludes halogenated alkanes) is 2. The van der Waals surface area contributed by atoms with E-state index in [2.05, 4.69) is 41.5 Å². The monoisotopic (exact) mass is 288 g/mol. The highest BCUT2D eigenvalue weighted by Crippen LogP contribution is 2.18. The van der Waals surface area contributed by atoms with Crippen LogP contribution < -0.4 is 5.73 Å². The SMILES string of the molecule is CCCCCc1ccc(-c2cn(C[C@H](O)CN)nn2)cc1. The Balaban J connectivity index is 1.98. The van der Waals surface area contributed by atoms with Crippen molar-refractivity contribution in [1.29, 1.82) is 0 Å². The molecule has 2 rings (SSSR count). The molecule has 114 valence electrons. The second-order valence-electron chi connectivity index (χ2n) is 5.37. The number of aliphatic hydroxyl groups is 1. The van der Waals surface area contributed by atoms with Crippen molar-refractivity contribution in [1.82, 2.24) is 15.0 Å². The van der Waals surface area contributed by atoms with Crippen LogP contribution in [-0.2, 0) is 13.0 Å². The number of nitrogens with two attached hydrogens (primary N) is 1. The number of benzene rings is 1. The first kappa shape index (κ1) is 15.7. The Morgan fingerprint density at radius 3 is 2.67 bits per heavy atom. The van der Waals surface area contributed by atoms with Crippen molar-refractivity contribution in [3.05, 3.63) is 36.0 Å². The normalized spacial score (nSPS) is 12.5. The number of aryl methyl sites for hydroxylation is 1. The quantitative estimate of drug-likeness (QED) is 0.728. The second-order valence-corrected chi connectivity index (χ2v) is 5.37. The lowest BCUT2D eigenvalue weighted by Gasteiger charge is -2.05. The van der Waals surface area contributed by atoms with Gasteiger partial charge in [-0.2, -0.15) is 0 Å². The molecule has 0 unspecified atom stereocenters. The molecule has 1 aromatic heterocycles. The zero-order valence-electron chi connectivity index (χ0n) is 12.6. The standard InChI is InChI=1S/C16H24N4O/c1-2-3-4-5-13-6-8-14(9-7-13)16-12-20(19-18-16)11-15(21)10-17/h6-9,12,15,21H,2-5,10-11,17H2,1H3/t15-/m1/s1. The maximum absolute atomic E-state index is 9.52. The summed E-state index contributed by atoms with van der Waals surface area (Å²) in [7, 11) is 0. The number of rotatable bonds is 8. The smallest absolute Gasteiger partial charge is 0.113 e. The van der Waals surface area contributed by atoms with Gasteiger partial charge in [0.2, 0.25) is 0 Å². The predicted octanol–water partition coefficient (Wildman–Crippen LogP) is 2.00. The molecule has 0 spiro atoms. The van der Waals surface area contributed by atoms with Gasteiger partial charge >= 0.3 is 0 Å². The summed E-state index contributed by atoms with van der Waals surface area (Å²) in [6.45, 7) is 2.81. The molecule has 1 aromatic carbocycles. The summed E-state index contributed by atoms with van der Waals surface area (Å²) >= 11 is 0. The van der Waals surface area contributed by atoms with E-state index in [1.807, 2.05) is 6.20 Å². The van der Waals surface area contributed by atoms with Crippen LogP contribution in [0, 0.1) is 0 Å². The van der Waals surface area contributed by atoms with E-state index in [0.717, 1.165) is 17.7 Å². The van der Waals surface area contributed by atoms with Crippen LogP contribution in [0.4, 0.5) is 0 Å². The van der Waals surface area contributed by atoms with E-state index in [9.17, 15) is 5.11 Å². The number of hydrogen-bond donors (Lipinski definition) is 2. The third-order valence-corrected chi connectivity index (χ3v) is 3.53. The van der Waals surface area contributed by atoms with E-state index >= 15 is 0 Å². The molecular formula is C16H24N4O. The van der Waals surface area contributed by atoms with Crippen molar-refractivity contribution in [2.24, 2.45) is 5.73 Å². The highest BCUT2D eigenvalue weighted by Gasteiger charge is 2.07. The molecule has 0 radical (unpaired) electrons. The van der Waals surface area contributed by atoms with E-state index in [0.29, 0.717) is 6.54 Å². The van der Waals surface area contributed by atoms with Gasteiger partial charge in [0.15, 0.2) is 0 Å². The highest BCUT2D eigenvalue weighted by molar-refractivity contribution is 5.57. The Morgan fingerprint density at radius 2 is 2.00 bits per heavy atom. The van der Waals surface area contributed by atoms with E-state index in [-0.39, 0.29) is 6.54 Å². The molecule has 1 heterocycles. The van der Waals surface area contributed by atoms with Crippen molar-refractivity contribution in [3.8, 4) is 11.3 Å². The number of aliphatic hydroxyl groups excluding tert-OH is 1. The summed E-state index contributed by atoms with van der Waals surface area (Å²) in [5, 5.41) is 17.7. The van der Waals surface area contributed by atoms with Crippen LogP contribution in [0.15, 0.2) is 30.5 Å². The van der Waals surface area contributed by atoms with Gasteiger partial charge in [-0.05, 0) is 18.4 Å². The van der Waals surface area contributed by atoms with Crippen LogP contribution in [0.5, 0.6) is 0 Å². The molecule has 5 heteroatoms. The van der Waals surface area contributed by atoms with Gasteiger partial charge in [-0.1, -0.05) is 49.2 Å². The minimum atomic E-state index is -0.583. The Bertz CT molecular complexity index is 535. The number of nitrogens with zero attached hydrogens (tertiary/aromatic N) is 3. The van der Waals surface area contributed by atoms with E-state index in [1.165, 1.54) is 24.8 Å². The molecule has 0 saturated carbocycles. The van der Waals surface area contributed by atoms with Crippen LogP contribution in [-0.4, -0.2) is 32.7 Å². The second kappa shape index (κ2) is 7.90. The average molecular weight is 288 g/mol. The molecule has 0 aliphatic carbocycles. The van der Waals surface area contributed by atoms with Gasteiger partial charge in [0.05, 0.1) is 18.8 Å². The Morgan fingerprint density at radius 1 is 1.24 bits per heavy atom. The van der Waals surface area contributed by atoms with Gasteiger partial charge in [0.25, 0.3) is 0 Å². The van der Waals surface area contributed by atoms with E-state index < -0.39 is 6.10 Å². The fourth-order valence-corrected chi connectivity index (χ4v) is 2.23. The zero-order chi connectivity index (χ0) is 15.1. The summed E-state index contributed by atoms with van der Waals surface area (Å²) in [6.07, 6.45) is 6.15. The molecule has 0 bridgehead atoms. The largest absolute Gasteiger partial charge is 0.390 e.